The molecule has 0 saturated carbocycles. The first-order valence-corrected chi connectivity index (χ1v) is 11.2. The first-order chi connectivity index (χ1) is 12.2. The highest BCUT2D eigenvalue weighted by Gasteiger charge is 2.16. The molecule has 0 bridgehead atoms. The molecule has 1 fully saturated rings. The second kappa shape index (κ2) is 15.7. The number of hydrogen-bond acceptors (Lipinski definition) is 2. The standard InChI is InChI=1S/C22H43NO2/c1-2-3-4-11-16-21(24)17-12-9-7-5-6-8-10-13-18-22(25)23-19-14-15-20-23/h21,24H,2-20H2,1H3. The van der Waals surface area contributed by atoms with E-state index in [9.17, 15) is 9.90 Å². The number of likely N-dealkylation sites (tertiary alicyclic amines) is 1. The number of unbranched alkanes of at least 4 members (excludes halogenated alkanes) is 10. The molecular formula is C22H43NO2. The van der Waals surface area contributed by atoms with Gasteiger partial charge < -0.3 is 10.0 Å². The third kappa shape index (κ3) is 12.4. The average molecular weight is 354 g/mol. The average Bonchev–Trinajstić information content (AvgIpc) is 3.15. The molecule has 148 valence electrons. The van der Waals surface area contributed by atoms with Gasteiger partial charge in [0.25, 0.3) is 0 Å². The lowest BCUT2D eigenvalue weighted by Gasteiger charge is -2.14. The summed E-state index contributed by atoms with van der Waals surface area (Å²) in [6.07, 6.45) is 20.0. The van der Waals surface area contributed by atoms with E-state index >= 15 is 0 Å². The summed E-state index contributed by atoms with van der Waals surface area (Å²) in [5.74, 6) is 0.380. The highest BCUT2D eigenvalue weighted by Crippen LogP contribution is 2.15. The smallest absolute Gasteiger partial charge is 0.222 e. The zero-order chi connectivity index (χ0) is 18.2. The van der Waals surface area contributed by atoms with Crippen molar-refractivity contribution in [1.82, 2.24) is 4.90 Å². The van der Waals surface area contributed by atoms with Crippen molar-refractivity contribution in [3.05, 3.63) is 0 Å². The molecule has 3 heteroatoms. The Morgan fingerprint density at radius 1 is 0.800 bits per heavy atom. The van der Waals surface area contributed by atoms with E-state index in [2.05, 4.69) is 6.92 Å². The molecule has 0 radical (unpaired) electrons. The number of aliphatic hydroxyl groups is 1. The van der Waals surface area contributed by atoms with E-state index in [1.165, 1.54) is 83.5 Å². The summed E-state index contributed by atoms with van der Waals surface area (Å²) in [5.41, 5.74) is 0. The lowest BCUT2D eigenvalue weighted by molar-refractivity contribution is -0.130. The van der Waals surface area contributed by atoms with E-state index in [1.807, 2.05) is 4.90 Å². The Kier molecular flexibility index (Phi) is 14.1. The number of rotatable bonds is 16. The predicted molar refractivity (Wildman–Crippen MR) is 107 cm³/mol. The minimum absolute atomic E-state index is 0.0648. The monoisotopic (exact) mass is 353 g/mol. The largest absolute Gasteiger partial charge is 0.393 e. The molecule has 0 aromatic heterocycles. The lowest BCUT2D eigenvalue weighted by Crippen LogP contribution is -2.27. The van der Waals surface area contributed by atoms with Crippen LogP contribution in [0.15, 0.2) is 0 Å². The number of aliphatic hydroxyl groups excluding tert-OH is 1. The first kappa shape index (κ1) is 22.5. The third-order valence-electron chi connectivity index (χ3n) is 5.53. The van der Waals surface area contributed by atoms with Crippen LogP contribution in [0, 0.1) is 0 Å². The number of carbonyl (C=O) groups excluding carboxylic acids is 1. The van der Waals surface area contributed by atoms with Crippen molar-refractivity contribution in [2.75, 3.05) is 13.1 Å². The first-order valence-electron chi connectivity index (χ1n) is 11.2. The Morgan fingerprint density at radius 2 is 1.28 bits per heavy atom. The molecule has 0 aromatic rings. The number of carbonyl (C=O) groups is 1. The summed E-state index contributed by atoms with van der Waals surface area (Å²) in [5, 5.41) is 9.94. The van der Waals surface area contributed by atoms with Gasteiger partial charge in [-0.3, -0.25) is 4.79 Å². The van der Waals surface area contributed by atoms with Crippen LogP contribution in [0.1, 0.15) is 116 Å². The van der Waals surface area contributed by atoms with Gasteiger partial charge in [-0.15, -0.1) is 0 Å². The predicted octanol–water partition coefficient (Wildman–Crippen LogP) is 5.84. The Morgan fingerprint density at radius 3 is 1.84 bits per heavy atom. The van der Waals surface area contributed by atoms with Gasteiger partial charge in [-0.1, -0.05) is 77.6 Å². The second-order valence-electron chi connectivity index (χ2n) is 7.96. The minimum Gasteiger partial charge on any atom is -0.393 e. The van der Waals surface area contributed by atoms with E-state index in [0.717, 1.165) is 38.8 Å². The summed E-state index contributed by atoms with van der Waals surface area (Å²) in [6.45, 7) is 4.21. The van der Waals surface area contributed by atoms with Gasteiger partial charge in [0, 0.05) is 19.5 Å². The van der Waals surface area contributed by atoms with Crippen LogP contribution in [0.2, 0.25) is 0 Å². The van der Waals surface area contributed by atoms with Crippen LogP contribution in [0.4, 0.5) is 0 Å². The molecule has 1 atom stereocenters. The van der Waals surface area contributed by atoms with Gasteiger partial charge >= 0.3 is 0 Å². The van der Waals surface area contributed by atoms with E-state index < -0.39 is 0 Å². The molecular weight excluding hydrogens is 310 g/mol. The number of amides is 1. The molecule has 1 aliphatic heterocycles. The zero-order valence-corrected chi connectivity index (χ0v) is 16.8. The van der Waals surface area contributed by atoms with Gasteiger partial charge in [0.2, 0.25) is 5.91 Å². The minimum atomic E-state index is -0.0648. The van der Waals surface area contributed by atoms with Crippen molar-refractivity contribution in [2.45, 2.75) is 122 Å². The van der Waals surface area contributed by atoms with Crippen LogP contribution in [0.25, 0.3) is 0 Å². The molecule has 0 spiro atoms. The van der Waals surface area contributed by atoms with Crippen molar-refractivity contribution in [1.29, 1.82) is 0 Å². The van der Waals surface area contributed by atoms with Crippen molar-refractivity contribution in [3.8, 4) is 0 Å². The third-order valence-corrected chi connectivity index (χ3v) is 5.53. The molecule has 1 heterocycles. The Balaban J connectivity index is 1.77. The maximum absolute atomic E-state index is 11.9. The van der Waals surface area contributed by atoms with Gasteiger partial charge in [-0.2, -0.15) is 0 Å². The van der Waals surface area contributed by atoms with E-state index in [1.54, 1.807) is 0 Å². The maximum atomic E-state index is 11.9. The van der Waals surface area contributed by atoms with Gasteiger partial charge in [0.15, 0.2) is 0 Å². The molecule has 1 unspecified atom stereocenters. The van der Waals surface area contributed by atoms with Gasteiger partial charge in [0.1, 0.15) is 0 Å². The lowest BCUT2D eigenvalue weighted by atomic mass is 10.0. The quantitative estimate of drug-likeness (QED) is 0.354. The summed E-state index contributed by atoms with van der Waals surface area (Å²) in [4.78, 5) is 14.0. The maximum Gasteiger partial charge on any atom is 0.222 e. The summed E-state index contributed by atoms with van der Waals surface area (Å²) >= 11 is 0. The fourth-order valence-corrected chi connectivity index (χ4v) is 3.79. The highest BCUT2D eigenvalue weighted by atomic mass is 16.3. The highest BCUT2D eigenvalue weighted by molar-refractivity contribution is 5.76. The number of nitrogens with zero attached hydrogens (tertiary/aromatic N) is 1. The Bertz CT molecular complexity index is 313. The second-order valence-corrected chi connectivity index (χ2v) is 7.96. The van der Waals surface area contributed by atoms with Crippen molar-refractivity contribution in [2.24, 2.45) is 0 Å². The van der Waals surface area contributed by atoms with Crippen LogP contribution >= 0.6 is 0 Å². The molecule has 0 aliphatic carbocycles. The SMILES string of the molecule is CCCCCCC(O)CCCCCCCCCCC(=O)N1CCCC1. The topological polar surface area (TPSA) is 40.5 Å². The van der Waals surface area contributed by atoms with Crippen molar-refractivity contribution in [3.63, 3.8) is 0 Å². The van der Waals surface area contributed by atoms with Gasteiger partial charge in [-0.25, -0.2) is 0 Å². The van der Waals surface area contributed by atoms with Crippen LogP contribution < -0.4 is 0 Å². The summed E-state index contributed by atoms with van der Waals surface area (Å²) < 4.78 is 0. The van der Waals surface area contributed by atoms with Crippen molar-refractivity contribution < 1.29 is 9.90 Å². The van der Waals surface area contributed by atoms with Crippen LogP contribution in [0.5, 0.6) is 0 Å². The molecule has 1 rings (SSSR count). The van der Waals surface area contributed by atoms with Crippen LogP contribution in [-0.4, -0.2) is 35.1 Å². The molecule has 1 N–H and O–H groups in total. The fourth-order valence-electron chi connectivity index (χ4n) is 3.79. The molecule has 3 nitrogen and oxygen atoms in total. The molecule has 0 aromatic carbocycles. The van der Waals surface area contributed by atoms with E-state index in [0.29, 0.717) is 5.91 Å². The fraction of sp³-hybridized carbons (Fsp3) is 0.955. The van der Waals surface area contributed by atoms with Crippen LogP contribution in [-0.2, 0) is 4.79 Å². The van der Waals surface area contributed by atoms with Crippen LogP contribution in [0.3, 0.4) is 0 Å². The molecule has 1 saturated heterocycles. The van der Waals surface area contributed by atoms with Gasteiger partial charge in [0.05, 0.1) is 6.10 Å². The summed E-state index contributed by atoms with van der Waals surface area (Å²) in [7, 11) is 0. The number of hydrogen-bond donors (Lipinski definition) is 1. The normalized spacial score (nSPS) is 15.7. The van der Waals surface area contributed by atoms with Gasteiger partial charge in [-0.05, 0) is 32.1 Å². The molecule has 1 aliphatic rings. The molecule has 1 amide bonds. The Labute approximate surface area is 156 Å². The van der Waals surface area contributed by atoms with E-state index in [-0.39, 0.29) is 6.10 Å². The Hall–Kier alpha value is -0.570. The van der Waals surface area contributed by atoms with Crippen molar-refractivity contribution >= 4 is 5.91 Å². The zero-order valence-electron chi connectivity index (χ0n) is 16.8. The van der Waals surface area contributed by atoms with E-state index in [4.69, 9.17) is 0 Å². The summed E-state index contributed by atoms with van der Waals surface area (Å²) in [6, 6.07) is 0. The molecule has 25 heavy (non-hydrogen) atoms.